The van der Waals surface area contributed by atoms with Crippen LogP contribution in [0.2, 0.25) is 5.02 Å². The summed E-state index contributed by atoms with van der Waals surface area (Å²) in [4.78, 5) is 19.0. The Labute approximate surface area is 344 Å². The maximum absolute atomic E-state index is 15.5. The number of aliphatic hydroxyl groups is 1. The number of hydrogen-bond donors (Lipinski definition) is 1. The minimum absolute atomic E-state index is 0.0168. The number of ketones is 1. The third-order valence-corrected chi connectivity index (χ3v) is 12.4. The number of carbonyl (C=O) groups is 1. The quantitative estimate of drug-likeness (QED) is 0.0870. The van der Waals surface area contributed by atoms with E-state index in [1.807, 2.05) is 0 Å². The molecule has 18 heteroatoms. The van der Waals surface area contributed by atoms with E-state index < -0.39 is 92.3 Å². The SMILES string of the molecule is C=S(C)(=O)Cc1nn(C)c2c(-c3ccc(C#CC4(O)CCOCC4)nc3[C@@H](CC(=O)Cn3nc(C(F)(F)F)c4c3C(F)(F)[C@@H]3C[C@H]43)Cc3cc(F)cc(F)c3)ccc(Cl)c12. The van der Waals surface area contributed by atoms with Crippen molar-refractivity contribution in [2.24, 2.45) is 13.0 Å². The fraction of sp³-hybridized carbons (Fsp3) is 0.405. The van der Waals surface area contributed by atoms with Crippen molar-refractivity contribution in [3.05, 3.63) is 98.7 Å². The van der Waals surface area contributed by atoms with Gasteiger partial charge in [0.25, 0.3) is 5.92 Å². The molecule has 60 heavy (non-hydrogen) atoms. The number of ether oxygens (including phenoxy) is 1. The molecule has 1 saturated carbocycles. The zero-order valence-electron chi connectivity index (χ0n) is 32.2. The molecule has 1 N–H and O–H groups in total. The summed E-state index contributed by atoms with van der Waals surface area (Å²) in [6.07, 6.45) is -4.06. The van der Waals surface area contributed by atoms with Crippen LogP contribution in [0.5, 0.6) is 0 Å². The Morgan fingerprint density at radius 1 is 1.10 bits per heavy atom. The van der Waals surface area contributed by atoms with E-state index in [4.69, 9.17) is 21.3 Å². The minimum atomic E-state index is -5.05. The van der Waals surface area contributed by atoms with Crippen molar-refractivity contribution in [2.45, 2.75) is 73.9 Å². The predicted molar refractivity (Wildman–Crippen MR) is 210 cm³/mol. The highest BCUT2D eigenvalue weighted by molar-refractivity contribution is 7.98. The molecule has 2 aromatic carbocycles. The lowest BCUT2D eigenvalue weighted by Gasteiger charge is -2.26. The minimum Gasteiger partial charge on any atom is -0.381 e. The average molecular weight is 876 g/mol. The second-order valence-electron chi connectivity index (χ2n) is 16.0. The van der Waals surface area contributed by atoms with Crippen LogP contribution in [0.1, 0.15) is 77.1 Å². The third kappa shape index (κ3) is 8.06. The van der Waals surface area contributed by atoms with Gasteiger partial charge in [-0.15, -0.1) is 0 Å². The Balaban J connectivity index is 1.28. The molecule has 2 aliphatic carbocycles. The number of aryl methyl sites for hydroxylation is 1. The third-order valence-electron chi connectivity index (χ3n) is 11.2. The van der Waals surface area contributed by atoms with Gasteiger partial charge in [-0.2, -0.15) is 32.1 Å². The van der Waals surface area contributed by atoms with Gasteiger partial charge in [-0.05, 0) is 76.0 Å². The molecule has 3 aliphatic rings. The topological polar surface area (TPSA) is 112 Å². The van der Waals surface area contributed by atoms with Crippen molar-refractivity contribution in [1.29, 1.82) is 0 Å². The van der Waals surface area contributed by atoms with E-state index in [1.54, 1.807) is 31.3 Å². The first-order chi connectivity index (χ1) is 28.1. The summed E-state index contributed by atoms with van der Waals surface area (Å²) in [6.45, 7) is -0.410. The van der Waals surface area contributed by atoms with E-state index in [2.05, 4.69) is 27.9 Å². The molecule has 0 spiro atoms. The molecular weight excluding hydrogens is 839 g/mol. The summed E-state index contributed by atoms with van der Waals surface area (Å²) in [5, 5.41) is 20.0. The van der Waals surface area contributed by atoms with Gasteiger partial charge in [0.2, 0.25) is 0 Å². The number of fused-ring (bicyclic) bond motifs is 4. The van der Waals surface area contributed by atoms with E-state index in [0.717, 1.165) is 12.1 Å². The lowest BCUT2D eigenvalue weighted by atomic mass is 9.86. The van der Waals surface area contributed by atoms with Gasteiger partial charge in [0.15, 0.2) is 11.5 Å². The van der Waals surface area contributed by atoms with Gasteiger partial charge in [-0.3, -0.25) is 18.4 Å². The Bertz CT molecular complexity index is 2730. The van der Waals surface area contributed by atoms with Crippen LogP contribution < -0.4 is 0 Å². The first-order valence-corrected chi connectivity index (χ1v) is 21.6. The van der Waals surface area contributed by atoms with Crippen LogP contribution in [-0.2, 0) is 56.9 Å². The number of pyridine rings is 1. The second kappa shape index (κ2) is 15.0. The molecule has 4 heterocycles. The Morgan fingerprint density at radius 3 is 2.45 bits per heavy atom. The lowest BCUT2D eigenvalue weighted by Crippen LogP contribution is -2.34. The van der Waals surface area contributed by atoms with E-state index in [1.165, 1.54) is 10.9 Å². The van der Waals surface area contributed by atoms with Crippen molar-refractivity contribution in [3.63, 3.8) is 0 Å². The van der Waals surface area contributed by atoms with Gasteiger partial charge in [0.05, 0.1) is 40.9 Å². The number of alkyl halides is 5. The summed E-state index contributed by atoms with van der Waals surface area (Å²) in [7, 11) is -0.962. The van der Waals surface area contributed by atoms with Crippen LogP contribution >= 0.6 is 11.6 Å². The molecule has 4 atom stereocenters. The fourth-order valence-corrected chi connectivity index (χ4v) is 9.58. The first-order valence-electron chi connectivity index (χ1n) is 18.9. The van der Waals surface area contributed by atoms with Gasteiger partial charge in [0.1, 0.15) is 35.2 Å². The number of carbonyl (C=O) groups excluding carboxylic acids is 1. The molecule has 0 radical (unpaired) electrons. The summed E-state index contributed by atoms with van der Waals surface area (Å²) in [5.41, 5.74) is -2.32. The number of hydrogen-bond acceptors (Lipinski definition) is 7. The van der Waals surface area contributed by atoms with Crippen LogP contribution in [0.25, 0.3) is 22.0 Å². The van der Waals surface area contributed by atoms with Crippen LogP contribution in [0.15, 0.2) is 42.5 Å². The van der Waals surface area contributed by atoms with Crippen molar-refractivity contribution < 1.29 is 49.6 Å². The molecule has 0 bridgehead atoms. The highest BCUT2D eigenvalue weighted by Crippen LogP contribution is 2.68. The number of benzene rings is 2. The Hall–Kier alpha value is -4.76. The van der Waals surface area contributed by atoms with Gasteiger partial charge >= 0.3 is 6.18 Å². The van der Waals surface area contributed by atoms with Gasteiger partial charge in [-0.1, -0.05) is 23.6 Å². The van der Waals surface area contributed by atoms with E-state index in [9.17, 15) is 36.1 Å². The monoisotopic (exact) mass is 875 g/mol. The summed E-state index contributed by atoms with van der Waals surface area (Å²) >= 11 is 6.72. The molecule has 1 saturated heterocycles. The second-order valence-corrected chi connectivity index (χ2v) is 19.1. The predicted octanol–water partition coefficient (Wildman–Crippen LogP) is 7.72. The van der Waals surface area contributed by atoms with Crippen molar-refractivity contribution in [2.75, 3.05) is 19.5 Å². The molecular formula is C42H37ClF7N5O4S. The highest BCUT2D eigenvalue weighted by Gasteiger charge is 2.68. The molecule has 1 unspecified atom stereocenters. The van der Waals surface area contributed by atoms with Crippen LogP contribution in [0.3, 0.4) is 0 Å². The van der Waals surface area contributed by atoms with Crippen molar-refractivity contribution in [1.82, 2.24) is 24.5 Å². The summed E-state index contributed by atoms with van der Waals surface area (Å²) in [6, 6.07) is 9.25. The van der Waals surface area contributed by atoms with Crippen molar-refractivity contribution >= 4 is 43.7 Å². The van der Waals surface area contributed by atoms with Crippen LogP contribution in [0.4, 0.5) is 30.7 Å². The average Bonchev–Trinajstić information content (AvgIpc) is 3.68. The molecule has 1 aliphatic heterocycles. The summed E-state index contributed by atoms with van der Waals surface area (Å²) < 4.78 is 123. The standard InChI is InChI=1S/C42H37ClF7N5O4S/c1-54-37-29(6-7-32(43)35(37)33(52-54)21-60(2,3)58)28-5-4-26(8-9-40(57)10-12-59-13-11-40)51-36(28)23(14-22-15-24(44)18-25(45)16-22)17-27(56)20-55-39-34(38(53-55)42(48,49)50)30-19-31(30)41(39,46)47/h4-7,15-16,18,23,30-31,57H,2,10-14,17,19-21H2,1,3H3/t23-,30+,31-,60?/m1/s1. The molecule has 9 nitrogen and oxygen atoms in total. The number of Topliss-reactive ketones (excluding diaryl/α,β-unsaturated/α-hetero) is 1. The van der Waals surface area contributed by atoms with Crippen LogP contribution in [-0.4, -0.2) is 70.6 Å². The number of aromatic nitrogens is 5. The lowest BCUT2D eigenvalue weighted by molar-refractivity contribution is -0.142. The Kier molecular flexibility index (Phi) is 10.5. The molecule has 316 valence electrons. The maximum atomic E-state index is 15.5. The molecule has 3 aromatic heterocycles. The summed E-state index contributed by atoms with van der Waals surface area (Å²) in [5.74, 6) is -0.250. The van der Waals surface area contributed by atoms with Crippen molar-refractivity contribution in [3.8, 4) is 23.0 Å². The number of halogens is 8. The molecule has 8 rings (SSSR count). The van der Waals surface area contributed by atoms with Gasteiger partial charge < -0.3 is 9.84 Å². The molecule has 0 amide bonds. The largest absolute Gasteiger partial charge is 0.435 e. The highest BCUT2D eigenvalue weighted by atomic mass is 35.5. The fourth-order valence-electron chi connectivity index (χ4n) is 8.54. The Morgan fingerprint density at radius 2 is 1.78 bits per heavy atom. The zero-order valence-corrected chi connectivity index (χ0v) is 33.8. The smallest absolute Gasteiger partial charge is 0.381 e. The number of rotatable bonds is 10. The molecule has 5 aromatic rings. The maximum Gasteiger partial charge on any atom is 0.435 e. The van der Waals surface area contributed by atoms with Gasteiger partial charge in [-0.25, -0.2) is 13.8 Å². The zero-order chi connectivity index (χ0) is 43.1. The normalized spacial score (nSPS) is 20.5. The first kappa shape index (κ1) is 42.0. The number of nitrogens with zero attached hydrogens (tertiary/aromatic N) is 5. The van der Waals surface area contributed by atoms with E-state index in [-0.39, 0.29) is 66.6 Å². The van der Waals surface area contributed by atoms with Crippen LogP contribution in [0, 0.1) is 29.4 Å². The van der Waals surface area contributed by atoms with E-state index >= 15 is 8.78 Å². The van der Waals surface area contributed by atoms with E-state index in [0.29, 0.717) is 38.5 Å². The van der Waals surface area contributed by atoms with Gasteiger partial charge in [0, 0.05) is 72.5 Å². The molecule has 2 fully saturated rings.